The predicted octanol–water partition coefficient (Wildman–Crippen LogP) is 3.53. The molecular weight excluding hydrogens is 414 g/mol. The van der Waals surface area contributed by atoms with Crippen molar-refractivity contribution >= 4 is 23.4 Å². The highest BCUT2D eigenvalue weighted by Crippen LogP contribution is 2.33. The van der Waals surface area contributed by atoms with E-state index in [0.717, 1.165) is 29.7 Å². The van der Waals surface area contributed by atoms with Crippen LogP contribution in [0.1, 0.15) is 25.0 Å². The molecule has 1 heterocycles. The summed E-state index contributed by atoms with van der Waals surface area (Å²) in [6.07, 6.45) is 1.70. The fraction of sp³-hybridized carbons (Fsp3) is 0.318. The zero-order chi connectivity index (χ0) is 22.4. The maximum absolute atomic E-state index is 12.6. The minimum absolute atomic E-state index is 0.118. The van der Waals surface area contributed by atoms with Crippen LogP contribution in [0.15, 0.2) is 41.6 Å². The molecule has 0 spiro atoms. The van der Waals surface area contributed by atoms with Gasteiger partial charge in [-0.1, -0.05) is 43.8 Å². The van der Waals surface area contributed by atoms with Gasteiger partial charge in [0.15, 0.2) is 5.82 Å². The molecular formula is C22H27N5O3S. The number of methoxy groups -OCH3 is 2. The summed E-state index contributed by atoms with van der Waals surface area (Å²) in [4.78, 5) is 12.6. The molecule has 0 saturated carbocycles. The molecule has 1 amide bonds. The highest BCUT2D eigenvalue weighted by Gasteiger charge is 2.18. The molecule has 0 aliphatic carbocycles. The maximum atomic E-state index is 12.6. The maximum Gasteiger partial charge on any atom is 0.234 e. The molecule has 0 saturated heterocycles. The Bertz CT molecular complexity index is 1050. The standard InChI is InChI=1S/C22H27N5O3S/c1-5-14-8-7-9-15(6-2)20(14)24-19(28)13-31-22-26-25-21(27(22)23)17-11-10-16(29-3)12-18(17)30-4/h7-12H,5-6,13,23H2,1-4H3,(H,24,28). The predicted molar refractivity (Wildman–Crippen MR) is 123 cm³/mol. The largest absolute Gasteiger partial charge is 0.497 e. The molecule has 31 heavy (non-hydrogen) atoms. The number of amides is 1. The lowest BCUT2D eigenvalue weighted by molar-refractivity contribution is -0.113. The highest BCUT2D eigenvalue weighted by atomic mass is 32.2. The summed E-state index contributed by atoms with van der Waals surface area (Å²) in [6.45, 7) is 4.15. The van der Waals surface area contributed by atoms with Crippen LogP contribution in [0.4, 0.5) is 5.69 Å². The molecule has 0 fully saturated rings. The second kappa shape index (κ2) is 10.2. The van der Waals surface area contributed by atoms with Gasteiger partial charge >= 0.3 is 0 Å². The lowest BCUT2D eigenvalue weighted by Gasteiger charge is -2.14. The zero-order valence-corrected chi connectivity index (χ0v) is 19.0. The molecule has 0 unspecified atom stereocenters. The molecule has 2 aromatic carbocycles. The average molecular weight is 442 g/mol. The fourth-order valence-corrected chi connectivity index (χ4v) is 3.91. The molecule has 3 N–H and O–H groups in total. The first-order valence-corrected chi connectivity index (χ1v) is 11.0. The number of hydrogen-bond acceptors (Lipinski definition) is 7. The quantitative estimate of drug-likeness (QED) is 0.387. The number of ether oxygens (including phenoxy) is 2. The smallest absolute Gasteiger partial charge is 0.234 e. The number of aryl methyl sites for hydroxylation is 2. The highest BCUT2D eigenvalue weighted by molar-refractivity contribution is 7.99. The summed E-state index contributed by atoms with van der Waals surface area (Å²) in [7, 11) is 3.15. The second-order valence-corrected chi connectivity index (χ2v) is 7.68. The van der Waals surface area contributed by atoms with Crippen molar-refractivity contribution in [3.63, 3.8) is 0 Å². The minimum Gasteiger partial charge on any atom is -0.497 e. The second-order valence-electron chi connectivity index (χ2n) is 6.74. The van der Waals surface area contributed by atoms with E-state index in [4.69, 9.17) is 15.3 Å². The summed E-state index contributed by atoms with van der Waals surface area (Å²) in [6, 6.07) is 11.4. The van der Waals surface area contributed by atoms with E-state index in [1.807, 2.05) is 18.2 Å². The minimum atomic E-state index is -0.118. The Morgan fingerprint density at radius 3 is 2.42 bits per heavy atom. The van der Waals surface area contributed by atoms with Gasteiger partial charge in [0.1, 0.15) is 11.5 Å². The summed E-state index contributed by atoms with van der Waals surface area (Å²) >= 11 is 1.22. The Labute approximate surface area is 186 Å². The van der Waals surface area contributed by atoms with Crippen LogP contribution in [0.3, 0.4) is 0 Å². The van der Waals surface area contributed by atoms with Crippen molar-refractivity contribution in [3.05, 3.63) is 47.5 Å². The number of rotatable bonds is 9. The van der Waals surface area contributed by atoms with Gasteiger partial charge in [0.25, 0.3) is 0 Å². The van der Waals surface area contributed by atoms with Gasteiger partial charge in [0.05, 0.1) is 25.5 Å². The Morgan fingerprint density at radius 2 is 1.81 bits per heavy atom. The number of nitrogens with one attached hydrogen (secondary N) is 1. The summed E-state index contributed by atoms with van der Waals surface area (Å²) in [5, 5.41) is 11.8. The van der Waals surface area contributed by atoms with Crippen molar-refractivity contribution in [1.82, 2.24) is 14.9 Å². The summed E-state index contributed by atoms with van der Waals surface area (Å²) < 4.78 is 12.0. The van der Waals surface area contributed by atoms with Crippen molar-refractivity contribution in [2.24, 2.45) is 0 Å². The van der Waals surface area contributed by atoms with Gasteiger partial charge in [-0.3, -0.25) is 4.79 Å². The van der Waals surface area contributed by atoms with Crippen molar-refractivity contribution < 1.29 is 14.3 Å². The summed E-state index contributed by atoms with van der Waals surface area (Å²) in [5.74, 6) is 7.92. The van der Waals surface area contributed by atoms with Crippen LogP contribution in [-0.2, 0) is 17.6 Å². The molecule has 164 valence electrons. The summed E-state index contributed by atoms with van der Waals surface area (Å²) in [5.41, 5.74) is 3.82. The number of anilines is 1. The van der Waals surface area contributed by atoms with Crippen LogP contribution in [0.2, 0.25) is 0 Å². The van der Waals surface area contributed by atoms with Crippen molar-refractivity contribution in [3.8, 4) is 22.9 Å². The van der Waals surface area contributed by atoms with Crippen LogP contribution >= 0.6 is 11.8 Å². The zero-order valence-electron chi connectivity index (χ0n) is 18.1. The van der Waals surface area contributed by atoms with Crippen LogP contribution < -0.4 is 20.6 Å². The monoisotopic (exact) mass is 441 g/mol. The fourth-order valence-electron chi connectivity index (χ4n) is 3.25. The van der Waals surface area contributed by atoms with Gasteiger partial charge in [-0.2, -0.15) is 0 Å². The number of hydrogen-bond donors (Lipinski definition) is 2. The molecule has 3 aromatic rings. The molecule has 0 aliphatic rings. The van der Waals surface area contributed by atoms with Crippen LogP contribution in [0, 0.1) is 0 Å². The lowest BCUT2D eigenvalue weighted by Crippen LogP contribution is -2.18. The van der Waals surface area contributed by atoms with Crippen molar-refractivity contribution in [1.29, 1.82) is 0 Å². The van der Waals surface area contributed by atoms with Gasteiger partial charge in [-0.25, -0.2) is 4.68 Å². The average Bonchev–Trinajstić information content (AvgIpc) is 3.17. The van der Waals surface area contributed by atoms with E-state index in [9.17, 15) is 4.79 Å². The number of carbonyl (C=O) groups excluding carboxylic acids is 1. The Balaban J connectivity index is 1.73. The van der Waals surface area contributed by atoms with Gasteiger partial charge < -0.3 is 20.6 Å². The normalized spacial score (nSPS) is 10.7. The molecule has 0 radical (unpaired) electrons. The van der Waals surface area contributed by atoms with Crippen LogP contribution in [0.25, 0.3) is 11.4 Å². The van der Waals surface area contributed by atoms with E-state index >= 15 is 0 Å². The van der Waals surface area contributed by atoms with Gasteiger partial charge in [0, 0.05) is 11.8 Å². The molecule has 1 aromatic heterocycles. The van der Waals surface area contributed by atoms with Crippen molar-refractivity contribution in [2.75, 3.05) is 31.1 Å². The molecule has 0 atom stereocenters. The number of nitrogens with two attached hydrogens (primary N) is 1. The first-order valence-electron chi connectivity index (χ1n) is 9.98. The third-order valence-corrected chi connectivity index (χ3v) is 5.85. The number of thioether (sulfide) groups is 1. The van der Waals surface area contributed by atoms with Gasteiger partial charge in [-0.05, 0) is 36.1 Å². The van der Waals surface area contributed by atoms with Crippen molar-refractivity contribution in [2.45, 2.75) is 31.8 Å². The number of para-hydroxylation sites is 1. The lowest BCUT2D eigenvalue weighted by atomic mass is 10.0. The first kappa shape index (κ1) is 22.5. The van der Waals surface area contributed by atoms with E-state index in [2.05, 4.69) is 29.4 Å². The van der Waals surface area contributed by atoms with E-state index in [1.165, 1.54) is 16.4 Å². The number of carbonyl (C=O) groups is 1. The van der Waals surface area contributed by atoms with E-state index < -0.39 is 0 Å². The number of aromatic nitrogens is 3. The first-order chi connectivity index (χ1) is 15.0. The Morgan fingerprint density at radius 1 is 1.10 bits per heavy atom. The topological polar surface area (TPSA) is 104 Å². The third-order valence-electron chi connectivity index (χ3n) is 4.91. The number of benzene rings is 2. The molecule has 3 rings (SSSR count). The SMILES string of the molecule is CCc1cccc(CC)c1NC(=O)CSc1nnc(-c2ccc(OC)cc2OC)n1N. The van der Waals surface area contributed by atoms with E-state index in [-0.39, 0.29) is 11.7 Å². The molecule has 9 heteroatoms. The number of nitrogens with zero attached hydrogens (tertiary/aromatic N) is 3. The van der Waals surface area contributed by atoms with Crippen LogP contribution in [0.5, 0.6) is 11.5 Å². The van der Waals surface area contributed by atoms with Gasteiger partial charge in [0.2, 0.25) is 11.1 Å². The number of nitrogen functional groups attached to an aromatic ring is 1. The Kier molecular flexibility index (Phi) is 7.41. The molecule has 0 aliphatic heterocycles. The van der Waals surface area contributed by atoms with E-state index in [0.29, 0.717) is 28.0 Å². The van der Waals surface area contributed by atoms with E-state index in [1.54, 1.807) is 32.4 Å². The third kappa shape index (κ3) is 4.93. The van der Waals surface area contributed by atoms with Crippen LogP contribution in [-0.4, -0.2) is 40.8 Å². The Hall–Kier alpha value is -3.20. The van der Waals surface area contributed by atoms with Gasteiger partial charge in [-0.15, -0.1) is 10.2 Å². The molecule has 0 bridgehead atoms. The molecule has 8 nitrogen and oxygen atoms in total.